The number of nitrogens with zero attached hydrogens (tertiary/aromatic N) is 3. The highest BCUT2D eigenvalue weighted by molar-refractivity contribution is 14.0. The fraction of sp³-hybridized carbons (Fsp3) is 0.722. The van der Waals surface area contributed by atoms with Crippen LogP contribution in [0.15, 0.2) is 22.5 Å². The van der Waals surface area contributed by atoms with Crippen LogP contribution in [0.1, 0.15) is 37.6 Å². The molecule has 0 spiro atoms. The Hall–Kier alpha value is -0.430. The molecule has 1 unspecified atom stereocenters. The van der Waals surface area contributed by atoms with Crippen molar-refractivity contribution in [3.05, 3.63) is 22.4 Å². The highest BCUT2D eigenvalue weighted by atomic mass is 127. The second-order valence-electron chi connectivity index (χ2n) is 6.55. The van der Waals surface area contributed by atoms with Gasteiger partial charge in [0.05, 0.1) is 11.8 Å². The summed E-state index contributed by atoms with van der Waals surface area (Å²) in [6, 6.07) is 4.60. The standard InChI is InChI=1S/C18H33N5O2S2.HI/c1-4-23(5-2)27(24,25)14-10-20-18(19-3)21-15-16(17-9-8-13-26-17)22-11-6-7-12-22;/h8-9,13,16H,4-7,10-12,14-15H2,1-3H3,(H2,19,20,21);1H. The van der Waals surface area contributed by atoms with E-state index in [-0.39, 0.29) is 29.7 Å². The van der Waals surface area contributed by atoms with E-state index in [1.165, 1.54) is 22.0 Å². The highest BCUT2D eigenvalue weighted by Gasteiger charge is 2.24. The number of rotatable bonds is 10. The average Bonchev–Trinajstić information content (AvgIpc) is 3.35. The Balaban J connectivity index is 0.00000392. The van der Waals surface area contributed by atoms with E-state index < -0.39 is 10.0 Å². The van der Waals surface area contributed by atoms with E-state index in [9.17, 15) is 8.42 Å². The first kappa shape index (κ1) is 25.6. The maximum atomic E-state index is 12.3. The van der Waals surface area contributed by atoms with Gasteiger partial charge in [-0.2, -0.15) is 0 Å². The van der Waals surface area contributed by atoms with Crippen LogP contribution in [0.3, 0.4) is 0 Å². The lowest BCUT2D eigenvalue weighted by atomic mass is 10.2. The van der Waals surface area contributed by atoms with Crippen molar-refractivity contribution in [3.63, 3.8) is 0 Å². The third kappa shape index (κ3) is 7.43. The van der Waals surface area contributed by atoms with Crippen LogP contribution < -0.4 is 10.6 Å². The van der Waals surface area contributed by atoms with Gasteiger partial charge < -0.3 is 10.6 Å². The summed E-state index contributed by atoms with van der Waals surface area (Å²) in [6.45, 7) is 8.07. The molecule has 2 N–H and O–H groups in total. The van der Waals surface area contributed by atoms with Crippen LogP contribution in [0.5, 0.6) is 0 Å². The van der Waals surface area contributed by atoms with E-state index in [0.29, 0.717) is 31.6 Å². The van der Waals surface area contributed by atoms with E-state index >= 15 is 0 Å². The van der Waals surface area contributed by atoms with Gasteiger partial charge in [0.1, 0.15) is 0 Å². The summed E-state index contributed by atoms with van der Waals surface area (Å²) in [4.78, 5) is 8.11. The highest BCUT2D eigenvalue weighted by Crippen LogP contribution is 2.27. The van der Waals surface area contributed by atoms with Gasteiger partial charge in [-0.15, -0.1) is 35.3 Å². The van der Waals surface area contributed by atoms with Gasteiger partial charge in [-0.05, 0) is 37.4 Å². The molecule has 0 bridgehead atoms. The van der Waals surface area contributed by atoms with Crippen LogP contribution in [0, 0.1) is 0 Å². The molecule has 0 amide bonds. The zero-order chi connectivity index (χ0) is 19.7. The Morgan fingerprint density at radius 1 is 1.29 bits per heavy atom. The molecule has 0 radical (unpaired) electrons. The number of hydrogen-bond acceptors (Lipinski definition) is 5. The minimum absolute atomic E-state index is 0. The number of nitrogens with one attached hydrogen (secondary N) is 2. The maximum absolute atomic E-state index is 12.3. The number of likely N-dealkylation sites (tertiary alicyclic amines) is 1. The van der Waals surface area contributed by atoms with Crippen molar-refractivity contribution in [2.45, 2.75) is 32.7 Å². The van der Waals surface area contributed by atoms with E-state index in [0.717, 1.165) is 19.6 Å². The maximum Gasteiger partial charge on any atom is 0.215 e. The number of hydrogen-bond donors (Lipinski definition) is 2. The largest absolute Gasteiger partial charge is 0.355 e. The molecule has 1 aliphatic heterocycles. The molecule has 0 aliphatic carbocycles. The van der Waals surface area contributed by atoms with Crippen LogP contribution in [-0.2, 0) is 10.0 Å². The van der Waals surface area contributed by atoms with Crippen LogP contribution in [0.25, 0.3) is 0 Å². The molecule has 7 nitrogen and oxygen atoms in total. The predicted octanol–water partition coefficient (Wildman–Crippen LogP) is 2.34. The van der Waals surface area contributed by atoms with Gasteiger partial charge >= 0.3 is 0 Å². The monoisotopic (exact) mass is 543 g/mol. The Kier molecular flexibility index (Phi) is 11.9. The van der Waals surface area contributed by atoms with Crippen molar-refractivity contribution in [3.8, 4) is 0 Å². The molecule has 2 rings (SSSR count). The lowest BCUT2D eigenvalue weighted by molar-refractivity contribution is 0.249. The van der Waals surface area contributed by atoms with Crippen molar-refractivity contribution in [1.82, 2.24) is 19.8 Å². The number of guanidine groups is 1. The molecule has 162 valence electrons. The first-order valence-electron chi connectivity index (χ1n) is 9.71. The molecule has 28 heavy (non-hydrogen) atoms. The smallest absolute Gasteiger partial charge is 0.215 e. The number of aliphatic imine (C=N–C) groups is 1. The van der Waals surface area contributed by atoms with Crippen molar-refractivity contribution >= 4 is 51.3 Å². The zero-order valence-electron chi connectivity index (χ0n) is 17.1. The van der Waals surface area contributed by atoms with Gasteiger partial charge in [0.2, 0.25) is 10.0 Å². The molecule has 1 fully saturated rings. The van der Waals surface area contributed by atoms with E-state index in [1.807, 2.05) is 13.8 Å². The molecule has 1 saturated heterocycles. The Labute approximate surface area is 191 Å². The molecule has 1 aliphatic rings. The molecule has 1 aromatic rings. The number of sulfonamides is 1. The average molecular weight is 544 g/mol. The lowest BCUT2D eigenvalue weighted by Gasteiger charge is -2.27. The third-order valence-corrected chi connectivity index (χ3v) is 7.89. The minimum atomic E-state index is -3.22. The Bertz CT molecular complexity index is 672. The number of halogens is 1. The van der Waals surface area contributed by atoms with E-state index in [4.69, 9.17) is 0 Å². The SMILES string of the molecule is CCN(CC)S(=O)(=O)CCNC(=NC)NCC(c1cccs1)N1CCCC1.I. The van der Waals surface area contributed by atoms with Crippen LogP contribution in [-0.4, -0.2) is 75.7 Å². The first-order valence-corrected chi connectivity index (χ1v) is 12.2. The van der Waals surface area contributed by atoms with Crippen LogP contribution >= 0.6 is 35.3 Å². The second-order valence-corrected chi connectivity index (χ2v) is 9.62. The summed E-state index contributed by atoms with van der Waals surface area (Å²) >= 11 is 1.78. The number of thiophene rings is 1. The summed E-state index contributed by atoms with van der Waals surface area (Å²) in [5.41, 5.74) is 0. The van der Waals surface area contributed by atoms with Crippen molar-refractivity contribution in [2.24, 2.45) is 4.99 Å². The van der Waals surface area contributed by atoms with Gasteiger partial charge in [-0.1, -0.05) is 19.9 Å². The summed E-state index contributed by atoms with van der Waals surface area (Å²) in [6.07, 6.45) is 2.50. The quantitative estimate of drug-likeness (QED) is 0.269. The molecule has 1 aromatic heterocycles. The molecule has 0 aromatic carbocycles. The second kappa shape index (κ2) is 13.0. The van der Waals surface area contributed by atoms with Crippen molar-refractivity contribution in [2.75, 3.05) is 52.1 Å². The minimum Gasteiger partial charge on any atom is -0.355 e. The fourth-order valence-electron chi connectivity index (χ4n) is 3.40. The molecule has 2 heterocycles. The van der Waals surface area contributed by atoms with Gasteiger partial charge in [0.15, 0.2) is 5.96 Å². The van der Waals surface area contributed by atoms with Gasteiger partial charge in [-0.25, -0.2) is 12.7 Å². The molecular weight excluding hydrogens is 509 g/mol. The first-order chi connectivity index (χ1) is 13.0. The van der Waals surface area contributed by atoms with Crippen molar-refractivity contribution < 1.29 is 8.42 Å². The summed E-state index contributed by atoms with van der Waals surface area (Å²) in [5.74, 6) is 0.709. The summed E-state index contributed by atoms with van der Waals surface area (Å²) in [7, 11) is -1.51. The molecule has 10 heteroatoms. The molecule has 1 atom stereocenters. The normalized spacial score (nSPS) is 16.8. The summed E-state index contributed by atoms with van der Waals surface area (Å²) in [5, 5.41) is 8.63. The Morgan fingerprint density at radius 2 is 1.96 bits per heavy atom. The van der Waals surface area contributed by atoms with E-state index in [2.05, 4.69) is 38.0 Å². The van der Waals surface area contributed by atoms with Gasteiger partial charge in [0.25, 0.3) is 0 Å². The predicted molar refractivity (Wildman–Crippen MR) is 129 cm³/mol. The molecule has 0 saturated carbocycles. The topological polar surface area (TPSA) is 77.0 Å². The molecular formula is C18H34IN5O2S2. The zero-order valence-corrected chi connectivity index (χ0v) is 21.0. The Morgan fingerprint density at radius 3 is 2.50 bits per heavy atom. The van der Waals surface area contributed by atoms with E-state index in [1.54, 1.807) is 18.4 Å². The van der Waals surface area contributed by atoms with Crippen molar-refractivity contribution in [1.29, 1.82) is 0 Å². The van der Waals surface area contributed by atoms with Crippen LogP contribution in [0.4, 0.5) is 0 Å². The lowest BCUT2D eigenvalue weighted by Crippen LogP contribution is -2.44. The summed E-state index contributed by atoms with van der Waals surface area (Å²) < 4.78 is 26.0. The third-order valence-electron chi connectivity index (χ3n) is 4.89. The van der Waals surface area contributed by atoms with Gasteiger partial charge in [0, 0.05) is 38.1 Å². The van der Waals surface area contributed by atoms with Crippen LogP contribution in [0.2, 0.25) is 0 Å². The fourth-order valence-corrected chi connectivity index (χ4v) is 5.67. The van der Waals surface area contributed by atoms with Gasteiger partial charge in [-0.3, -0.25) is 9.89 Å².